The number of hydrogen-bond acceptors (Lipinski definition) is 3. The third kappa shape index (κ3) is 2.24. The van der Waals surface area contributed by atoms with Crippen molar-refractivity contribution in [2.75, 3.05) is 21.2 Å². The van der Waals surface area contributed by atoms with Gasteiger partial charge in [0.2, 0.25) is 0 Å². The molecule has 0 radical (unpaired) electrons. The minimum absolute atomic E-state index is 0.355. The van der Waals surface area contributed by atoms with Gasteiger partial charge in [0.05, 0.1) is 7.11 Å². The lowest BCUT2D eigenvalue weighted by Gasteiger charge is -2.21. The number of methoxy groups -OCH3 is 1. The molecule has 0 spiro atoms. The van der Waals surface area contributed by atoms with Crippen molar-refractivity contribution >= 4 is 10.9 Å². The first-order chi connectivity index (χ1) is 8.13. The van der Waals surface area contributed by atoms with Crippen molar-refractivity contribution in [2.45, 2.75) is 13.0 Å². The normalized spacial score (nSPS) is 13.0. The summed E-state index contributed by atoms with van der Waals surface area (Å²) < 4.78 is 5.42. The molecule has 1 aromatic heterocycles. The monoisotopic (exact) mass is 230 g/mol. The Bertz CT molecular complexity index is 523. The predicted molar refractivity (Wildman–Crippen MR) is 70.4 cm³/mol. The van der Waals surface area contributed by atoms with Gasteiger partial charge >= 0.3 is 0 Å². The molecular formula is C14H18N2O. The molecule has 0 aliphatic rings. The molecule has 0 saturated carbocycles. The van der Waals surface area contributed by atoms with E-state index >= 15 is 0 Å². The minimum Gasteiger partial charge on any atom is -0.494 e. The molecule has 0 aliphatic carbocycles. The van der Waals surface area contributed by atoms with Gasteiger partial charge in [0.15, 0.2) is 0 Å². The van der Waals surface area contributed by atoms with Gasteiger partial charge in [-0.3, -0.25) is 4.98 Å². The molecule has 0 fully saturated rings. The van der Waals surface area contributed by atoms with E-state index in [0.29, 0.717) is 6.04 Å². The van der Waals surface area contributed by atoms with E-state index in [1.54, 1.807) is 13.3 Å². The molecule has 1 heterocycles. The Kier molecular flexibility index (Phi) is 3.29. The Balaban J connectivity index is 2.60. The number of nitrogens with zero attached hydrogens (tertiary/aromatic N) is 2. The molecule has 17 heavy (non-hydrogen) atoms. The van der Waals surface area contributed by atoms with Crippen molar-refractivity contribution in [1.82, 2.24) is 9.88 Å². The minimum atomic E-state index is 0.355. The van der Waals surface area contributed by atoms with Gasteiger partial charge in [0.25, 0.3) is 0 Å². The topological polar surface area (TPSA) is 25.4 Å². The molecule has 1 unspecified atom stereocenters. The van der Waals surface area contributed by atoms with Crippen molar-refractivity contribution < 1.29 is 4.74 Å². The molecule has 2 aromatic rings. The van der Waals surface area contributed by atoms with Crippen molar-refractivity contribution in [1.29, 1.82) is 0 Å². The maximum Gasteiger partial charge on any atom is 0.145 e. The van der Waals surface area contributed by atoms with E-state index in [0.717, 1.165) is 16.7 Å². The zero-order valence-electron chi connectivity index (χ0n) is 10.8. The molecule has 90 valence electrons. The molecule has 0 aliphatic heterocycles. The zero-order chi connectivity index (χ0) is 12.4. The summed E-state index contributed by atoms with van der Waals surface area (Å²) in [5.74, 6) is 0.840. The Morgan fingerprint density at radius 2 is 2.06 bits per heavy atom. The van der Waals surface area contributed by atoms with Crippen molar-refractivity contribution in [2.24, 2.45) is 0 Å². The average Bonchev–Trinajstić information content (AvgIpc) is 2.36. The van der Waals surface area contributed by atoms with Crippen LogP contribution in [0.25, 0.3) is 10.9 Å². The molecule has 0 amide bonds. The average molecular weight is 230 g/mol. The SMILES string of the molecule is COc1cc(C(C)N(C)C)cc2cccnc12. The van der Waals surface area contributed by atoms with Crippen LogP contribution in [-0.4, -0.2) is 31.1 Å². The van der Waals surface area contributed by atoms with Gasteiger partial charge in [-0.1, -0.05) is 6.07 Å². The van der Waals surface area contributed by atoms with Crippen LogP contribution in [0.1, 0.15) is 18.5 Å². The number of pyridine rings is 1. The van der Waals surface area contributed by atoms with Crippen molar-refractivity contribution in [3.8, 4) is 5.75 Å². The fourth-order valence-corrected chi connectivity index (χ4v) is 1.88. The second-order valence-electron chi connectivity index (χ2n) is 4.44. The second-order valence-corrected chi connectivity index (χ2v) is 4.44. The highest BCUT2D eigenvalue weighted by molar-refractivity contribution is 5.85. The maximum absolute atomic E-state index is 5.42. The first-order valence-electron chi connectivity index (χ1n) is 5.72. The van der Waals surface area contributed by atoms with E-state index in [1.165, 1.54) is 5.56 Å². The summed E-state index contributed by atoms with van der Waals surface area (Å²) in [6.07, 6.45) is 1.79. The Hall–Kier alpha value is -1.61. The highest BCUT2D eigenvalue weighted by atomic mass is 16.5. The molecule has 0 N–H and O–H groups in total. The quantitative estimate of drug-likeness (QED) is 0.810. The largest absolute Gasteiger partial charge is 0.494 e. The van der Waals surface area contributed by atoms with Crippen LogP contribution >= 0.6 is 0 Å². The van der Waals surface area contributed by atoms with E-state index in [1.807, 2.05) is 6.07 Å². The summed E-state index contributed by atoms with van der Waals surface area (Å²) in [4.78, 5) is 6.54. The molecule has 2 rings (SSSR count). The lowest BCUT2D eigenvalue weighted by atomic mass is 10.0. The maximum atomic E-state index is 5.42. The lowest BCUT2D eigenvalue weighted by Crippen LogP contribution is -2.16. The van der Waals surface area contributed by atoms with Crippen LogP contribution in [-0.2, 0) is 0 Å². The Morgan fingerprint density at radius 1 is 1.29 bits per heavy atom. The third-order valence-electron chi connectivity index (χ3n) is 3.17. The number of ether oxygens (including phenoxy) is 1. The van der Waals surface area contributed by atoms with Crippen molar-refractivity contribution in [3.05, 3.63) is 36.0 Å². The standard InChI is InChI=1S/C14H18N2O/c1-10(16(2)3)12-8-11-6-5-7-15-14(11)13(9-12)17-4/h5-10H,1-4H3. The van der Waals surface area contributed by atoms with Crippen LogP contribution in [0, 0.1) is 0 Å². The Morgan fingerprint density at radius 3 is 2.71 bits per heavy atom. The van der Waals surface area contributed by atoms with E-state index < -0.39 is 0 Å². The van der Waals surface area contributed by atoms with Gasteiger partial charge < -0.3 is 9.64 Å². The first kappa shape index (κ1) is 11.9. The third-order valence-corrected chi connectivity index (χ3v) is 3.17. The van der Waals surface area contributed by atoms with Crippen LogP contribution in [0.5, 0.6) is 5.75 Å². The molecule has 1 atom stereocenters. The summed E-state index contributed by atoms with van der Waals surface area (Å²) in [7, 11) is 5.84. The molecule has 3 heteroatoms. The predicted octanol–water partition coefficient (Wildman–Crippen LogP) is 2.87. The van der Waals surface area contributed by atoms with E-state index in [-0.39, 0.29) is 0 Å². The van der Waals surface area contributed by atoms with Crippen molar-refractivity contribution in [3.63, 3.8) is 0 Å². The highest BCUT2D eigenvalue weighted by Gasteiger charge is 2.12. The molecule has 0 bridgehead atoms. The van der Waals surface area contributed by atoms with Crippen LogP contribution in [0.2, 0.25) is 0 Å². The van der Waals surface area contributed by atoms with Gasteiger partial charge in [-0.15, -0.1) is 0 Å². The number of aromatic nitrogens is 1. The highest BCUT2D eigenvalue weighted by Crippen LogP contribution is 2.29. The summed E-state index contributed by atoms with van der Waals surface area (Å²) >= 11 is 0. The van der Waals surface area contributed by atoms with Crippen LogP contribution in [0.3, 0.4) is 0 Å². The van der Waals surface area contributed by atoms with E-state index in [4.69, 9.17) is 4.74 Å². The lowest BCUT2D eigenvalue weighted by molar-refractivity contribution is 0.320. The first-order valence-corrected chi connectivity index (χ1v) is 5.72. The van der Waals surface area contributed by atoms with Crippen LogP contribution in [0.4, 0.5) is 0 Å². The van der Waals surface area contributed by atoms with Gasteiger partial charge in [-0.2, -0.15) is 0 Å². The number of fused-ring (bicyclic) bond motifs is 1. The number of rotatable bonds is 3. The zero-order valence-corrected chi connectivity index (χ0v) is 10.8. The molecule has 1 aromatic carbocycles. The summed E-state index contributed by atoms with van der Waals surface area (Å²) in [6.45, 7) is 2.18. The summed E-state index contributed by atoms with van der Waals surface area (Å²) in [6, 6.07) is 8.62. The van der Waals surface area contributed by atoms with Crippen LogP contribution < -0.4 is 4.74 Å². The van der Waals surface area contributed by atoms with E-state index in [9.17, 15) is 0 Å². The van der Waals surface area contributed by atoms with Gasteiger partial charge in [-0.25, -0.2) is 0 Å². The van der Waals surface area contributed by atoms with Gasteiger partial charge in [0, 0.05) is 17.6 Å². The summed E-state index contributed by atoms with van der Waals surface area (Å²) in [5, 5.41) is 1.12. The van der Waals surface area contributed by atoms with Gasteiger partial charge in [0.1, 0.15) is 11.3 Å². The fourth-order valence-electron chi connectivity index (χ4n) is 1.88. The molecule has 3 nitrogen and oxygen atoms in total. The smallest absolute Gasteiger partial charge is 0.145 e. The Labute approximate surface area is 102 Å². The number of hydrogen-bond donors (Lipinski definition) is 0. The van der Waals surface area contributed by atoms with E-state index in [2.05, 4.69) is 49.1 Å². The summed E-state index contributed by atoms with van der Waals surface area (Å²) in [5.41, 5.74) is 2.16. The fraction of sp³-hybridized carbons (Fsp3) is 0.357. The number of benzene rings is 1. The second kappa shape index (κ2) is 4.72. The van der Waals surface area contributed by atoms with Gasteiger partial charge in [-0.05, 0) is 44.8 Å². The molecule has 0 saturated heterocycles. The van der Waals surface area contributed by atoms with Crippen LogP contribution in [0.15, 0.2) is 30.5 Å². The molecular weight excluding hydrogens is 212 g/mol.